The number of sulfonamides is 1. The van der Waals surface area contributed by atoms with E-state index in [-0.39, 0.29) is 22.7 Å². The Kier molecular flexibility index (Phi) is 7.32. The Morgan fingerprint density at radius 1 is 0.925 bits per heavy atom. The summed E-state index contributed by atoms with van der Waals surface area (Å²) in [6.07, 6.45) is 1.01. The summed E-state index contributed by atoms with van der Waals surface area (Å²) in [6.45, 7) is 6.44. The molecule has 0 aliphatic carbocycles. The second kappa shape index (κ2) is 10.9. The van der Waals surface area contributed by atoms with Gasteiger partial charge in [-0.3, -0.25) is 9.71 Å². The standard InChI is InChI=1S/C31H30N4O4S/c1-31(2,3)22-12-15-25(16-13-22)40(37,38)35-23-14-17-27-26(19-23)28(21-9-5-4-6-10-21)29(34-27)39-30(36)33-20-24-11-7-8-18-32-24/h4-19,34-35H,20H2,1-3H3,(H,33,36). The highest BCUT2D eigenvalue weighted by Gasteiger charge is 2.21. The molecular weight excluding hydrogens is 524 g/mol. The summed E-state index contributed by atoms with van der Waals surface area (Å²) in [6, 6.07) is 26.9. The first-order chi connectivity index (χ1) is 19.1. The van der Waals surface area contributed by atoms with Gasteiger partial charge in [0.2, 0.25) is 5.88 Å². The number of aromatic nitrogens is 2. The number of H-pyrrole nitrogens is 1. The summed E-state index contributed by atoms with van der Waals surface area (Å²) in [7, 11) is -3.83. The average molecular weight is 555 g/mol. The molecule has 0 aliphatic heterocycles. The Balaban J connectivity index is 1.44. The molecule has 0 saturated carbocycles. The van der Waals surface area contributed by atoms with Gasteiger partial charge < -0.3 is 15.0 Å². The molecule has 204 valence electrons. The van der Waals surface area contributed by atoms with E-state index in [4.69, 9.17) is 4.74 Å². The fourth-order valence-electron chi connectivity index (χ4n) is 4.34. The molecule has 3 aromatic carbocycles. The Labute approximate surface area is 233 Å². The molecule has 9 heteroatoms. The lowest BCUT2D eigenvalue weighted by molar-refractivity contribution is 0.198. The average Bonchev–Trinajstić information content (AvgIpc) is 3.29. The monoisotopic (exact) mass is 554 g/mol. The first-order valence-electron chi connectivity index (χ1n) is 12.8. The number of carbonyl (C=O) groups is 1. The highest BCUT2D eigenvalue weighted by Crippen LogP contribution is 2.39. The second-order valence-electron chi connectivity index (χ2n) is 10.4. The van der Waals surface area contributed by atoms with Crippen molar-refractivity contribution in [3.05, 3.63) is 108 Å². The summed E-state index contributed by atoms with van der Waals surface area (Å²) in [4.78, 5) is 20.2. The molecule has 0 radical (unpaired) electrons. The number of ether oxygens (including phenoxy) is 1. The van der Waals surface area contributed by atoms with Gasteiger partial charge >= 0.3 is 6.09 Å². The molecule has 0 bridgehead atoms. The first kappa shape index (κ1) is 27.0. The minimum Gasteiger partial charge on any atom is -0.393 e. The smallest absolute Gasteiger partial charge is 0.393 e. The van der Waals surface area contributed by atoms with Crippen molar-refractivity contribution < 1.29 is 17.9 Å². The molecule has 8 nitrogen and oxygen atoms in total. The van der Waals surface area contributed by atoms with Crippen LogP contribution < -0.4 is 14.8 Å². The van der Waals surface area contributed by atoms with Crippen molar-refractivity contribution in [2.24, 2.45) is 0 Å². The lowest BCUT2D eigenvalue weighted by Crippen LogP contribution is -2.26. The van der Waals surface area contributed by atoms with E-state index in [9.17, 15) is 13.2 Å². The van der Waals surface area contributed by atoms with Crippen LogP contribution in [0.3, 0.4) is 0 Å². The molecule has 0 fully saturated rings. The molecule has 0 spiro atoms. The number of benzene rings is 3. The number of fused-ring (bicyclic) bond motifs is 1. The maximum absolute atomic E-state index is 13.2. The van der Waals surface area contributed by atoms with Crippen LogP contribution in [0.25, 0.3) is 22.0 Å². The molecule has 0 unspecified atom stereocenters. The van der Waals surface area contributed by atoms with Gasteiger partial charge in [0.25, 0.3) is 10.0 Å². The SMILES string of the molecule is CC(C)(C)c1ccc(S(=O)(=O)Nc2ccc3[nH]c(OC(=O)NCc4ccccn4)c(-c4ccccc4)c3c2)cc1. The van der Waals surface area contributed by atoms with Gasteiger partial charge in [0.15, 0.2) is 0 Å². The summed E-state index contributed by atoms with van der Waals surface area (Å²) >= 11 is 0. The van der Waals surface area contributed by atoms with E-state index in [0.717, 1.165) is 11.1 Å². The fraction of sp³-hybridized carbons (Fsp3) is 0.161. The number of amides is 1. The van der Waals surface area contributed by atoms with E-state index in [2.05, 4.69) is 40.8 Å². The van der Waals surface area contributed by atoms with Crippen LogP contribution in [0.4, 0.5) is 10.5 Å². The van der Waals surface area contributed by atoms with Gasteiger partial charge in [0.05, 0.1) is 22.7 Å². The van der Waals surface area contributed by atoms with Crippen molar-refractivity contribution in [1.82, 2.24) is 15.3 Å². The summed E-state index contributed by atoms with van der Waals surface area (Å²) < 4.78 is 34.7. The molecule has 40 heavy (non-hydrogen) atoms. The summed E-state index contributed by atoms with van der Waals surface area (Å²) in [5, 5.41) is 3.41. The van der Waals surface area contributed by atoms with Crippen LogP contribution in [0.5, 0.6) is 5.88 Å². The van der Waals surface area contributed by atoms with Gasteiger partial charge in [-0.15, -0.1) is 0 Å². The zero-order valence-electron chi connectivity index (χ0n) is 22.4. The van der Waals surface area contributed by atoms with E-state index in [1.54, 1.807) is 48.7 Å². The van der Waals surface area contributed by atoms with E-state index in [1.165, 1.54) is 0 Å². The maximum atomic E-state index is 13.2. The molecule has 5 rings (SSSR count). The quantitative estimate of drug-likeness (QED) is 0.209. The molecular formula is C31H30N4O4S. The van der Waals surface area contributed by atoms with Gasteiger partial charge in [0, 0.05) is 22.8 Å². The number of anilines is 1. The third kappa shape index (κ3) is 6.00. The number of pyridine rings is 1. The first-order valence-corrected chi connectivity index (χ1v) is 14.3. The molecule has 2 heterocycles. The van der Waals surface area contributed by atoms with E-state index in [1.807, 2.05) is 48.5 Å². The lowest BCUT2D eigenvalue weighted by Gasteiger charge is -2.19. The predicted molar refractivity (Wildman–Crippen MR) is 157 cm³/mol. The molecule has 2 aromatic heterocycles. The van der Waals surface area contributed by atoms with Crippen molar-refractivity contribution in [1.29, 1.82) is 0 Å². The highest BCUT2D eigenvalue weighted by molar-refractivity contribution is 7.92. The van der Waals surface area contributed by atoms with E-state index < -0.39 is 16.1 Å². The van der Waals surface area contributed by atoms with Gasteiger partial charge in [-0.1, -0.05) is 69.3 Å². The molecule has 3 N–H and O–H groups in total. The Morgan fingerprint density at radius 3 is 2.33 bits per heavy atom. The van der Waals surface area contributed by atoms with Crippen molar-refractivity contribution in [3.63, 3.8) is 0 Å². The third-order valence-corrected chi connectivity index (χ3v) is 7.84. The van der Waals surface area contributed by atoms with Crippen LogP contribution in [0, 0.1) is 0 Å². The number of nitrogens with zero attached hydrogens (tertiary/aromatic N) is 1. The van der Waals surface area contributed by atoms with Crippen LogP contribution in [0.15, 0.2) is 102 Å². The molecule has 0 aliphatic rings. The fourth-order valence-corrected chi connectivity index (χ4v) is 5.39. The van der Waals surface area contributed by atoms with Gasteiger partial charge in [-0.25, -0.2) is 13.2 Å². The summed E-state index contributed by atoms with van der Waals surface area (Å²) in [5.41, 5.74) is 4.17. The minimum atomic E-state index is -3.83. The molecule has 1 amide bonds. The van der Waals surface area contributed by atoms with E-state index in [0.29, 0.717) is 27.8 Å². The van der Waals surface area contributed by atoms with Crippen LogP contribution in [0.2, 0.25) is 0 Å². The molecule has 0 atom stereocenters. The van der Waals surface area contributed by atoms with Crippen molar-refractivity contribution in [2.75, 3.05) is 4.72 Å². The lowest BCUT2D eigenvalue weighted by atomic mass is 9.87. The van der Waals surface area contributed by atoms with Crippen LogP contribution in [-0.4, -0.2) is 24.5 Å². The highest BCUT2D eigenvalue weighted by atomic mass is 32.2. The van der Waals surface area contributed by atoms with Gasteiger partial charge in [0.1, 0.15) is 0 Å². The molecule has 5 aromatic rings. The van der Waals surface area contributed by atoms with Crippen LogP contribution in [0.1, 0.15) is 32.0 Å². The number of rotatable bonds is 7. The predicted octanol–water partition coefficient (Wildman–Crippen LogP) is 6.62. The van der Waals surface area contributed by atoms with Crippen molar-refractivity contribution >= 4 is 32.7 Å². The Hall–Kier alpha value is -4.63. The normalized spacial score (nSPS) is 11.8. The van der Waals surface area contributed by atoms with Gasteiger partial charge in [-0.05, 0) is 59.0 Å². The largest absolute Gasteiger partial charge is 0.414 e. The van der Waals surface area contributed by atoms with E-state index >= 15 is 0 Å². The van der Waals surface area contributed by atoms with Gasteiger partial charge in [-0.2, -0.15) is 0 Å². The Morgan fingerprint density at radius 2 is 1.65 bits per heavy atom. The number of carbonyl (C=O) groups excluding carboxylic acids is 1. The number of hydrogen-bond acceptors (Lipinski definition) is 5. The number of aromatic amines is 1. The van der Waals surface area contributed by atoms with Crippen molar-refractivity contribution in [2.45, 2.75) is 37.6 Å². The zero-order chi connectivity index (χ0) is 28.3. The molecule has 0 saturated heterocycles. The van der Waals surface area contributed by atoms with Crippen LogP contribution in [-0.2, 0) is 22.0 Å². The second-order valence-corrected chi connectivity index (χ2v) is 12.1. The zero-order valence-corrected chi connectivity index (χ0v) is 23.2. The Bertz CT molecular complexity index is 1740. The maximum Gasteiger partial charge on any atom is 0.414 e. The third-order valence-electron chi connectivity index (χ3n) is 6.44. The topological polar surface area (TPSA) is 113 Å². The number of hydrogen-bond donors (Lipinski definition) is 3. The minimum absolute atomic E-state index is 0.0853. The van der Waals surface area contributed by atoms with Crippen molar-refractivity contribution in [3.8, 4) is 17.0 Å². The number of nitrogens with one attached hydrogen (secondary N) is 3. The van der Waals surface area contributed by atoms with Crippen LogP contribution >= 0.6 is 0 Å². The summed E-state index contributed by atoms with van der Waals surface area (Å²) in [5.74, 6) is 0.248.